The lowest BCUT2D eigenvalue weighted by molar-refractivity contribution is 0.415. The molecule has 0 saturated carbocycles. The van der Waals surface area contributed by atoms with Crippen LogP contribution in [0.1, 0.15) is 29.9 Å². The molecule has 0 radical (unpaired) electrons. The summed E-state index contributed by atoms with van der Waals surface area (Å²) < 4.78 is 5.53. The van der Waals surface area contributed by atoms with Gasteiger partial charge in [-0.25, -0.2) is 0 Å². The van der Waals surface area contributed by atoms with Crippen LogP contribution in [0.5, 0.6) is 5.75 Å². The molecule has 1 fully saturated rings. The van der Waals surface area contributed by atoms with Crippen LogP contribution in [-0.2, 0) is 0 Å². The third kappa shape index (κ3) is 1.89. The summed E-state index contributed by atoms with van der Waals surface area (Å²) in [6, 6.07) is 4.54. The van der Waals surface area contributed by atoms with E-state index < -0.39 is 0 Å². The first-order valence-electron chi connectivity index (χ1n) is 6.66. The van der Waals surface area contributed by atoms with Gasteiger partial charge in [0.1, 0.15) is 5.75 Å². The zero-order valence-electron chi connectivity index (χ0n) is 11.0. The van der Waals surface area contributed by atoms with Crippen molar-refractivity contribution in [1.29, 1.82) is 0 Å². The molecule has 1 aliphatic rings. The van der Waals surface area contributed by atoms with Crippen LogP contribution in [0.15, 0.2) is 18.3 Å². The maximum Gasteiger partial charge on any atom is 0.143 e. The van der Waals surface area contributed by atoms with E-state index in [1.165, 1.54) is 29.4 Å². The minimum absolute atomic E-state index is 0.666. The molecule has 1 saturated heterocycles. The summed E-state index contributed by atoms with van der Waals surface area (Å²) in [5, 5.41) is 4.71. The van der Waals surface area contributed by atoms with Crippen LogP contribution in [0.25, 0.3) is 10.9 Å². The van der Waals surface area contributed by atoms with Crippen LogP contribution in [0.2, 0.25) is 0 Å². The van der Waals surface area contributed by atoms with Crippen molar-refractivity contribution in [3.63, 3.8) is 0 Å². The van der Waals surface area contributed by atoms with Crippen molar-refractivity contribution >= 4 is 10.9 Å². The van der Waals surface area contributed by atoms with Gasteiger partial charge in [-0.3, -0.25) is 0 Å². The van der Waals surface area contributed by atoms with Gasteiger partial charge in [-0.15, -0.1) is 0 Å². The van der Waals surface area contributed by atoms with Gasteiger partial charge in [0.2, 0.25) is 0 Å². The molecular formula is C15H20N2O. The fourth-order valence-electron chi connectivity index (χ4n) is 2.91. The predicted molar refractivity (Wildman–Crippen MR) is 74.4 cm³/mol. The molecule has 0 atom stereocenters. The van der Waals surface area contributed by atoms with E-state index >= 15 is 0 Å². The Labute approximate surface area is 108 Å². The van der Waals surface area contributed by atoms with E-state index in [-0.39, 0.29) is 0 Å². The van der Waals surface area contributed by atoms with Gasteiger partial charge in [-0.05, 0) is 62.0 Å². The molecule has 3 rings (SSSR count). The van der Waals surface area contributed by atoms with Crippen molar-refractivity contribution < 1.29 is 4.74 Å². The van der Waals surface area contributed by atoms with Crippen LogP contribution in [0.3, 0.4) is 0 Å². The number of rotatable bonds is 2. The van der Waals surface area contributed by atoms with Crippen LogP contribution in [0.4, 0.5) is 0 Å². The summed E-state index contributed by atoms with van der Waals surface area (Å²) in [4.78, 5) is 3.30. The molecule has 96 valence electrons. The van der Waals surface area contributed by atoms with Crippen molar-refractivity contribution in [3.05, 3.63) is 29.5 Å². The molecule has 0 aliphatic carbocycles. The molecule has 2 heterocycles. The summed E-state index contributed by atoms with van der Waals surface area (Å²) in [5.74, 6) is 1.63. The molecule has 0 unspecified atom stereocenters. The standard InChI is InChI=1S/C15H20N2O/c1-10-9-17-15-13(10)7-12(8-14(15)18-2)11-3-5-16-6-4-11/h7-9,11,16-17H,3-6H2,1-2H3. The lowest BCUT2D eigenvalue weighted by Crippen LogP contribution is -2.26. The van der Waals surface area contributed by atoms with E-state index in [0.29, 0.717) is 5.92 Å². The molecule has 2 N–H and O–H groups in total. The molecule has 18 heavy (non-hydrogen) atoms. The monoisotopic (exact) mass is 244 g/mol. The van der Waals surface area contributed by atoms with Crippen molar-refractivity contribution in [3.8, 4) is 5.75 Å². The zero-order valence-corrected chi connectivity index (χ0v) is 11.0. The number of nitrogens with one attached hydrogen (secondary N) is 2. The Morgan fingerprint density at radius 2 is 2.00 bits per heavy atom. The summed E-state index contributed by atoms with van der Waals surface area (Å²) in [6.07, 6.45) is 4.50. The Balaban J connectivity index is 2.08. The van der Waals surface area contributed by atoms with Gasteiger partial charge in [0.15, 0.2) is 0 Å². The van der Waals surface area contributed by atoms with Gasteiger partial charge in [0.25, 0.3) is 0 Å². The first kappa shape index (κ1) is 11.6. The Hall–Kier alpha value is -1.48. The minimum Gasteiger partial charge on any atom is -0.495 e. The second kappa shape index (κ2) is 4.65. The fourth-order valence-corrected chi connectivity index (χ4v) is 2.91. The first-order chi connectivity index (χ1) is 8.79. The Morgan fingerprint density at radius 1 is 1.22 bits per heavy atom. The minimum atomic E-state index is 0.666. The second-order valence-corrected chi connectivity index (χ2v) is 5.14. The zero-order chi connectivity index (χ0) is 12.5. The lowest BCUT2D eigenvalue weighted by atomic mass is 9.89. The number of aromatic nitrogens is 1. The number of aryl methyl sites for hydroxylation is 1. The highest BCUT2D eigenvalue weighted by Crippen LogP contribution is 2.34. The van der Waals surface area contributed by atoms with E-state index in [9.17, 15) is 0 Å². The quantitative estimate of drug-likeness (QED) is 0.852. The number of H-pyrrole nitrogens is 1. The van der Waals surface area contributed by atoms with Gasteiger partial charge in [-0.1, -0.05) is 0 Å². The third-order valence-corrected chi connectivity index (χ3v) is 4.01. The maximum atomic E-state index is 5.53. The number of hydrogen-bond acceptors (Lipinski definition) is 2. The van der Waals surface area contributed by atoms with E-state index in [4.69, 9.17) is 4.74 Å². The summed E-state index contributed by atoms with van der Waals surface area (Å²) in [6.45, 7) is 4.39. The topological polar surface area (TPSA) is 37.0 Å². The smallest absolute Gasteiger partial charge is 0.143 e. The lowest BCUT2D eigenvalue weighted by Gasteiger charge is -2.23. The average Bonchev–Trinajstić information content (AvgIpc) is 2.81. The molecule has 1 aromatic heterocycles. The Kier molecular flexibility index (Phi) is 3.00. The summed E-state index contributed by atoms with van der Waals surface area (Å²) in [7, 11) is 1.75. The molecule has 1 aliphatic heterocycles. The highest BCUT2D eigenvalue weighted by Gasteiger charge is 2.18. The summed E-state index contributed by atoms with van der Waals surface area (Å²) in [5.41, 5.74) is 3.83. The van der Waals surface area contributed by atoms with E-state index in [1.54, 1.807) is 7.11 Å². The number of benzene rings is 1. The molecule has 1 aromatic carbocycles. The Bertz CT molecular complexity index is 553. The van der Waals surface area contributed by atoms with Crippen LogP contribution < -0.4 is 10.1 Å². The van der Waals surface area contributed by atoms with E-state index in [2.05, 4.69) is 35.6 Å². The van der Waals surface area contributed by atoms with Crippen molar-refractivity contribution in [2.45, 2.75) is 25.7 Å². The van der Waals surface area contributed by atoms with Gasteiger partial charge >= 0.3 is 0 Å². The number of ether oxygens (including phenoxy) is 1. The number of aromatic amines is 1. The van der Waals surface area contributed by atoms with Crippen molar-refractivity contribution in [2.24, 2.45) is 0 Å². The van der Waals surface area contributed by atoms with Crippen LogP contribution in [-0.4, -0.2) is 25.2 Å². The molecular weight excluding hydrogens is 224 g/mol. The predicted octanol–water partition coefficient (Wildman–Crippen LogP) is 2.95. The highest BCUT2D eigenvalue weighted by atomic mass is 16.5. The number of fused-ring (bicyclic) bond motifs is 1. The van der Waals surface area contributed by atoms with Crippen LogP contribution >= 0.6 is 0 Å². The Morgan fingerprint density at radius 3 is 2.72 bits per heavy atom. The fraction of sp³-hybridized carbons (Fsp3) is 0.467. The highest BCUT2D eigenvalue weighted by molar-refractivity contribution is 5.89. The molecule has 3 heteroatoms. The molecule has 0 spiro atoms. The van der Waals surface area contributed by atoms with E-state index in [1.807, 2.05) is 0 Å². The normalized spacial score (nSPS) is 17.2. The number of piperidine rings is 1. The number of hydrogen-bond donors (Lipinski definition) is 2. The molecule has 2 aromatic rings. The van der Waals surface area contributed by atoms with Gasteiger partial charge in [-0.2, -0.15) is 0 Å². The largest absolute Gasteiger partial charge is 0.495 e. The molecule has 0 amide bonds. The van der Waals surface area contributed by atoms with E-state index in [0.717, 1.165) is 24.4 Å². The molecule has 3 nitrogen and oxygen atoms in total. The first-order valence-corrected chi connectivity index (χ1v) is 6.66. The maximum absolute atomic E-state index is 5.53. The van der Waals surface area contributed by atoms with Crippen molar-refractivity contribution in [1.82, 2.24) is 10.3 Å². The SMILES string of the molecule is COc1cc(C2CCNCC2)cc2c(C)c[nH]c12. The van der Waals surface area contributed by atoms with Crippen molar-refractivity contribution in [2.75, 3.05) is 20.2 Å². The third-order valence-electron chi connectivity index (χ3n) is 4.01. The summed E-state index contributed by atoms with van der Waals surface area (Å²) >= 11 is 0. The van der Waals surface area contributed by atoms with Gasteiger partial charge in [0, 0.05) is 11.6 Å². The molecule has 0 bridgehead atoms. The number of methoxy groups -OCH3 is 1. The van der Waals surface area contributed by atoms with Gasteiger partial charge in [0.05, 0.1) is 12.6 Å². The second-order valence-electron chi connectivity index (χ2n) is 5.14. The van der Waals surface area contributed by atoms with Crippen LogP contribution in [0, 0.1) is 6.92 Å². The van der Waals surface area contributed by atoms with Gasteiger partial charge < -0.3 is 15.0 Å². The average molecular weight is 244 g/mol.